The zero-order valence-electron chi connectivity index (χ0n) is 14.5. The Labute approximate surface area is 150 Å². The Bertz CT molecular complexity index is 731. The Kier molecular flexibility index (Phi) is 6.00. The van der Waals surface area contributed by atoms with Gasteiger partial charge in [0.25, 0.3) is 11.1 Å². The van der Waals surface area contributed by atoms with Crippen LogP contribution >= 0.6 is 11.8 Å². The van der Waals surface area contributed by atoms with Gasteiger partial charge in [-0.25, -0.2) is 4.39 Å². The number of amides is 3. The van der Waals surface area contributed by atoms with Crippen LogP contribution in [0.5, 0.6) is 0 Å². The minimum absolute atomic E-state index is 0.0881. The lowest BCUT2D eigenvalue weighted by Crippen LogP contribution is -2.42. The fraction of sp³-hybridized carbons (Fsp3) is 0.389. The minimum Gasteiger partial charge on any atom is -0.354 e. The number of benzene rings is 1. The Morgan fingerprint density at radius 2 is 2.00 bits per heavy atom. The molecule has 134 valence electrons. The maximum Gasteiger partial charge on any atom is 0.293 e. The van der Waals surface area contributed by atoms with Crippen LogP contribution in [0.2, 0.25) is 0 Å². The largest absolute Gasteiger partial charge is 0.354 e. The molecule has 0 aliphatic carbocycles. The average molecular weight is 364 g/mol. The molecule has 1 aromatic rings. The van der Waals surface area contributed by atoms with Crippen molar-refractivity contribution >= 4 is 34.9 Å². The number of hydrogen-bond donors (Lipinski definition) is 1. The van der Waals surface area contributed by atoms with Crippen molar-refractivity contribution in [3.05, 3.63) is 40.6 Å². The molecule has 3 amide bonds. The number of carbonyl (C=O) groups is 3. The van der Waals surface area contributed by atoms with Gasteiger partial charge in [-0.1, -0.05) is 39.0 Å². The molecule has 1 saturated heterocycles. The fourth-order valence-corrected chi connectivity index (χ4v) is 2.96. The third-order valence-electron chi connectivity index (χ3n) is 4.18. The zero-order valence-corrected chi connectivity index (χ0v) is 15.3. The summed E-state index contributed by atoms with van der Waals surface area (Å²) in [6.07, 6.45) is 2.06. The van der Waals surface area contributed by atoms with Gasteiger partial charge in [0.15, 0.2) is 0 Å². The van der Waals surface area contributed by atoms with Crippen LogP contribution in [0, 0.1) is 11.2 Å². The molecule has 0 unspecified atom stereocenters. The molecule has 0 bridgehead atoms. The number of halogens is 1. The lowest BCUT2D eigenvalue weighted by Gasteiger charge is -2.22. The monoisotopic (exact) mass is 364 g/mol. The number of thioether (sulfide) groups is 1. The summed E-state index contributed by atoms with van der Waals surface area (Å²) >= 11 is 0.773. The van der Waals surface area contributed by atoms with Crippen molar-refractivity contribution in [1.82, 2.24) is 10.2 Å². The molecule has 1 N–H and O–H groups in total. The SMILES string of the molecule is CCC(C)(C)C(=O)NCCN1C(=O)SC(=Cc2ccccc2F)C1=O. The Morgan fingerprint density at radius 1 is 1.32 bits per heavy atom. The first-order valence-corrected chi connectivity index (χ1v) is 8.86. The first kappa shape index (κ1) is 19.2. The molecule has 0 radical (unpaired) electrons. The molecule has 7 heteroatoms. The van der Waals surface area contributed by atoms with Gasteiger partial charge in [-0.05, 0) is 30.3 Å². The average Bonchev–Trinajstić information content (AvgIpc) is 2.84. The van der Waals surface area contributed by atoms with Crippen LogP contribution in [0.3, 0.4) is 0 Å². The van der Waals surface area contributed by atoms with E-state index in [1.807, 2.05) is 20.8 Å². The Balaban J connectivity index is 2.00. The van der Waals surface area contributed by atoms with Gasteiger partial charge in [-0.15, -0.1) is 0 Å². The predicted molar refractivity (Wildman–Crippen MR) is 96.2 cm³/mol. The van der Waals surface area contributed by atoms with Crippen molar-refractivity contribution in [2.45, 2.75) is 27.2 Å². The van der Waals surface area contributed by atoms with E-state index in [-0.39, 0.29) is 29.5 Å². The van der Waals surface area contributed by atoms with Gasteiger partial charge in [-0.3, -0.25) is 19.3 Å². The molecule has 1 aliphatic rings. The van der Waals surface area contributed by atoms with Crippen LogP contribution in [0.1, 0.15) is 32.8 Å². The van der Waals surface area contributed by atoms with E-state index in [1.54, 1.807) is 12.1 Å². The zero-order chi connectivity index (χ0) is 18.6. The van der Waals surface area contributed by atoms with E-state index in [4.69, 9.17) is 0 Å². The van der Waals surface area contributed by atoms with Gasteiger partial charge >= 0.3 is 0 Å². The molecule has 0 aromatic heterocycles. The summed E-state index contributed by atoms with van der Waals surface area (Å²) in [5.41, 5.74) is -0.241. The van der Waals surface area contributed by atoms with Gasteiger partial charge in [0.2, 0.25) is 5.91 Å². The lowest BCUT2D eigenvalue weighted by molar-refractivity contribution is -0.130. The second-order valence-corrected chi connectivity index (χ2v) is 7.34. The lowest BCUT2D eigenvalue weighted by atomic mass is 9.89. The number of imide groups is 1. The molecule has 1 heterocycles. The summed E-state index contributed by atoms with van der Waals surface area (Å²) in [5.74, 6) is -1.05. The van der Waals surface area contributed by atoms with E-state index in [0.29, 0.717) is 6.42 Å². The predicted octanol–water partition coefficient (Wildman–Crippen LogP) is 3.41. The van der Waals surface area contributed by atoms with E-state index in [1.165, 1.54) is 18.2 Å². The number of nitrogens with one attached hydrogen (secondary N) is 1. The normalized spacial score (nSPS) is 16.6. The van der Waals surface area contributed by atoms with Gasteiger partial charge in [0, 0.05) is 24.1 Å². The Morgan fingerprint density at radius 3 is 2.64 bits per heavy atom. The summed E-state index contributed by atoms with van der Waals surface area (Å²) < 4.78 is 13.7. The highest BCUT2D eigenvalue weighted by atomic mass is 32.2. The van der Waals surface area contributed by atoms with Crippen molar-refractivity contribution in [1.29, 1.82) is 0 Å². The highest BCUT2D eigenvalue weighted by Gasteiger charge is 2.35. The first-order valence-electron chi connectivity index (χ1n) is 8.04. The standard InChI is InChI=1S/C18H21FN2O3S/c1-4-18(2,3)16(23)20-9-10-21-15(22)14(25-17(21)24)11-12-7-5-6-8-13(12)19/h5-8,11H,4,9-10H2,1-3H3,(H,20,23). The highest BCUT2D eigenvalue weighted by molar-refractivity contribution is 8.18. The fourth-order valence-electron chi connectivity index (χ4n) is 2.11. The summed E-state index contributed by atoms with van der Waals surface area (Å²) in [7, 11) is 0. The minimum atomic E-state index is -0.496. The molecule has 2 rings (SSSR count). The van der Waals surface area contributed by atoms with Gasteiger partial charge in [0.05, 0.1) is 4.91 Å². The van der Waals surface area contributed by atoms with Crippen LogP contribution in [-0.2, 0) is 9.59 Å². The molecule has 25 heavy (non-hydrogen) atoms. The van der Waals surface area contributed by atoms with Crippen molar-refractivity contribution < 1.29 is 18.8 Å². The third-order valence-corrected chi connectivity index (χ3v) is 5.09. The van der Waals surface area contributed by atoms with Crippen LogP contribution in [0.4, 0.5) is 9.18 Å². The molecule has 0 atom stereocenters. The van der Waals surface area contributed by atoms with Gasteiger partial charge in [0.1, 0.15) is 5.82 Å². The number of carbonyl (C=O) groups excluding carboxylic acids is 3. The maximum atomic E-state index is 13.7. The van der Waals surface area contributed by atoms with E-state index < -0.39 is 22.4 Å². The molecule has 1 aliphatic heterocycles. The molecule has 5 nitrogen and oxygen atoms in total. The maximum absolute atomic E-state index is 13.7. The number of nitrogens with zero attached hydrogens (tertiary/aromatic N) is 1. The summed E-state index contributed by atoms with van der Waals surface area (Å²) in [4.78, 5) is 37.6. The number of hydrogen-bond acceptors (Lipinski definition) is 4. The first-order chi connectivity index (χ1) is 11.8. The molecule has 0 spiro atoms. The second-order valence-electron chi connectivity index (χ2n) is 6.35. The summed E-state index contributed by atoms with van der Waals surface area (Å²) in [5, 5.41) is 2.32. The smallest absolute Gasteiger partial charge is 0.293 e. The Hall–Kier alpha value is -2.15. The molecular formula is C18H21FN2O3S. The third kappa shape index (κ3) is 4.48. The van der Waals surface area contributed by atoms with Crippen molar-refractivity contribution in [3.8, 4) is 0 Å². The van der Waals surface area contributed by atoms with Crippen LogP contribution < -0.4 is 5.32 Å². The highest BCUT2D eigenvalue weighted by Crippen LogP contribution is 2.32. The topological polar surface area (TPSA) is 66.5 Å². The molecular weight excluding hydrogens is 343 g/mol. The van der Waals surface area contributed by atoms with Gasteiger partial charge in [-0.2, -0.15) is 0 Å². The summed E-state index contributed by atoms with van der Waals surface area (Å²) in [6, 6.07) is 6.04. The molecule has 0 saturated carbocycles. The molecule has 1 fully saturated rings. The van der Waals surface area contributed by atoms with Crippen LogP contribution in [0.15, 0.2) is 29.2 Å². The van der Waals surface area contributed by atoms with Crippen molar-refractivity contribution in [2.75, 3.05) is 13.1 Å². The van der Waals surface area contributed by atoms with Crippen LogP contribution in [-0.4, -0.2) is 35.0 Å². The van der Waals surface area contributed by atoms with Crippen molar-refractivity contribution in [2.24, 2.45) is 5.41 Å². The van der Waals surface area contributed by atoms with Crippen LogP contribution in [0.25, 0.3) is 6.08 Å². The van der Waals surface area contributed by atoms with E-state index in [0.717, 1.165) is 16.7 Å². The molecule has 1 aromatic carbocycles. The number of rotatable bonds is 6. The quantitative estimate of drug-likeness (QED) is 0.786. The van der Waals surface area contributed by atoms with E-state index in [9.17, 15) is 18.8 Å². The second kappa shape index (κ2) is 7.82. The summed E-state index contributed by atoms with van der Waals surface area (Å²) in [6.45, 7) is 5.86. The van der Waals surface area contributed by atoms with E-state index >= 15 is 0 Å². The van der Waals surface area contributed by atoms with Crippen molar-refractivity contribution in [3.63, 3.8) is 0 Å². The van der Waals surface area contributed by atoms with Gasteiger partial charge < -0.3 is 5.32 Å². The van der Waals surface area contributed by atoms with E-state index in [2.05, 4.69) is 5.32 Å².